The van der Waals surface area contributed by atoms with Gasteiger partial charge in [-0.05, 0) is 12.0 Å². The van der Waals surface area contributed by atoms with E-state index in [2.05, 4.69) is 41.9 Å². The zero-order chi connectivity index (χ0) is 21.2. The molecule has 1 aromatic carbocycles. The topological polar surface area (TPSA) is 98.6 Å². The molecule has 1 aromatic heterocycles. The molecule has 3 rings (SSSR count). The molecule has 0 radical (unpaired) electrons. The van der Waals surface area contributed by atoms with Gasteiger partial charge in [-0.1, -0.05) is 42.1 Å². The van der Waals surface area contributed by atoms with E-state index in [1.165, 1.54) is 18.9 Å². The number of methoxy groups -OCH3 is 1. The Morgan fingerprint density at radius 2 is 1.97 bits per heavy atom. The third-order valence-corrected chi connectivity index (χ3v) is 5.58. The predicted molar refractivity (Wildman–Crippen MR) is 114 cm³/mol. The summed E-state index contributed by atoms with van der Waals surface area (Å²) < 4.78 is 12.1. The summed E-state index contributed by atoms with van der Waals surface area (Å²) in [4.78, 5) is 25.5. The maximum absolute atomic E-state index is 12.2. The van der Waals surface area contributed by atoms with Gasteiger partial charge in [-0.15, -0.1) is 10.2 Å². The number of anilines is 1. The van der Waals surface area contributed by atoms with Crippen LogP contribution in [-0.2, 0) is 25.6 Å². The van der Waals surface area contributed by atoms with E-state index in [9.17, 15) is 9.59 Å². The Bertz CT molecular complexity index is 824. The number of carbonyl (C=O) groups is 2. The number of aromatic nitrogens is 3. The fraction of sp³-hybridized carbons (Fsp3) is 0.500. The molecule has 0 atom stereocenters. The number of morpholine rings is 1. The minimum Gasteiger partial charge on any atom is -0.469 e. The molecule has 1 fully saturated rings. The Hall–Kier alpha value is -2.59. The van der Waals surface area contributed by atoms with Gasteiger partial charge in [-0.25, -0.2) is 0 Å². The van der Waals surface area contributed by atoms with Crippen molar-refractivity contribution in [1.29, 1.82) is 0 Å². The highest BCUT2D eigenvalue weighted by atomic mass is 32.2. The number of benzene rings is 1. The van der Waals surface area contributed by atoms with Gasteiger partial charge < -0.3 is 19.7 Å². The van der Waals surface area contributed by atoms with Crippen LogP contribution in [0.15, 0.2) is 35.5 Å². The third-order valence-electron chi connectivity index (χ3n) is 4.61. The van der Waals surface area contributed by atoms with Gasteiger partial charge in [0, 0.05) is 26.1 Å². The second-order valence-corrected chi connectivity index (χ2v) is 7.71. The van der Waals surface area contributed by atoms with E-state index in [-0.39, 0.29) is 24.1 Å². The first-order chi connectivity index (χ1) is 14.7. The van der Waals surface area contributed by atoms with E-state index in [1.54, 1.807) is 0 Å². The fourth-order valence-electron chi connectivity index (χ4n) is 3.03. The smallest absolute Gasteiger partial charge is 0.305 e. The zero-order valence-corrected chi connectivity index (χ0v) is 17.9. The minimum absolute atomic E-state index is 0.105. The van der Waals surface area contributed by atoms with Gasteiger partial charge in [0.1, 0.15) is 0 Å². The van der Waals surface area contributed by atoms with Crippen LogP contribution in [0.4, 0.5) is 5.95 Å². The number of amides is 1. The zero-order valence-electron chi connectivity index (χ0n) is 17.1. The largest absolute Gasteiger partial charge is 0.469 e. The number of thioether (sulfide) groups is 1. The molecule has 30 heavy (non-hydrogen) atoms. The lowest BCUT2D eigenvalue weighted by molar-refractivity contribution is -0.140. The number of hydrogen-bond acceptors (Lipinski definition) is 8. The van der Waals surface area contributed by atoms with Gasteiger partial charge in [-0.3, -0.25) is 14.2 Å². The monoisotopic (exact) mass is 433 g/mol. The summed E-state index contributed by atoms with van der Waals surface area (Å²) in [6.07, 6.45) is 0.840. The standard InChI is InChI=1S/C20H27N5O4S/c1-28-18(27)8-5-9-21-17(26)15-30-20-23-22-19(24-10-12-29-13-11-24)25(20)14-16-6-3-2-4-7-16/h2-4,6-7H,5,8-15H2,1H3,(H,21,26). The van der Waals surface area contributed by atoms with Crippen LogP contribution >= 0.6 is 11.8 Å². The van der Waals surface area contributed by atoms with Crippen LogP contribution in [0.5, 0.6) is 0 Å². The normalized spacial score (nSPS) is 13.8. The lowest BCUT2D eigenvalue weighted by Gasteiger charge is -2.28. The van der Waals surface area contributed by atoms with Crippen LogP contribution in [0.1, 0.15) is 18.4 Å². The average molecular weight is 434 g/mol. The molecule has 0 bridgehead atoms. The van der Waals surface area contributed by atoms with Crippen LogP contribution in [-0.4, -0.2) is 72.4 Å². The van der Waals surface area contributed by atoms with Gasteiger partial charge in [-0.2, -0.15) is 0 Å². The highest BCUT2D eigenvalue weighted by Crippen LogP contribution is 2.24. The maximum atomic E-state index is 12.2. The third kappa shape index (κ3) is 6.46. The number of nitrogens with zero attached hydrogens (tertiary/aromatic N) is 4. The van der Waals surface area contributed by atoms with Crippen LogP contribution in [0, 0.1) is 0 Å². The number of ether oxygens (including phenoxy) is 2. The van der Waals surface area contributed by atoms with Gasteiger partial charge in [0.25, 0.3) is 0 Å². The number of rotatable bonds is 10. The van der Waals surface area contributed by atoms with Gasteiger partial charge in [0.15, 0.2) is 5.16 Å². The second-order valence-electron chi connectivity index (χ2n) is 6.77. The fourth-order valence-corrected chi connectivity index (χ4v) is 3.80. The first kappa shape index (κ1) is 22.1. The first-order valence-corrected chi connectivity index (χ1v) is 10.9. The highest BCUT2D eigenvalue weighted by Gasteiger charge is 2.21. The first-order valence-electron chi connectivity index (χ1n) is 9.93. The molecule has 2 heterocycles. The molecule has 0 spiro atoms. The Morgan fingerprint density at radius 1 is 1.20 bits per heavy atom. The Labute approximate surface area is 180 Å². The maximum Gasteiger partial charge on any atom is 0.305 e. The number of esters is 1. The van der Waals surface area contributed by atoms with Crippen LogP contribution in [0.2, 0.25) is 0 Å². The number of carbonyl (C=O) groups excluding carboxylic acids is 2. The van der Waals surface area contributed by atoms with Gasteiger partial charge in [0.2, 0.25) is 11.9 Å². The molecule has 10 heteroatoms. The van der Waals surface area contributed by atoms with E-state index in [1.807, 2.05) is 18.2 Å². The van der Waals surface area contributed by atoms with Crippen molar-refractivity contribution in [3.63, 3.8) is 0 Å². The summed E-state index contributed by atoms with van der Waals surface area (Å²) in [5, 5.41) is 12.3. The molecule has 162 valence electrons. The van der Waals surface area contributed by atoms with E-state index in [0.717, 1.165) is 24.6 Å². The number of hydrogen-bond donors (Lipinski definition) is 1. The Balaban J connectivity index is 1.61. The van der Waals surface area contributed by atoms with E-state index in [4.69, 9.17) is 4.74 Å². The van der Waals surface area contributed by atoms with Crippen molar-refractivity contribution >= 4 is 29.6 Å². The average Bonchev–Trinajstić information content (AvgIpc) is 3.18. The summed E-state index contributed by atoms with van der Waals surface area (Å²) in [5.41, 5.74) is 1.14. The van der Waals surface area contributed by atoms with Crippen molar-refractivity contribution in [2.75, 3.05) is 50.6 Å². The molecule has 9 nitrogen and oxygen atoms in total. The predicted octanol–water partition coefficient (Wildman–Crippen LogP) is 1.32. The molecule has 0 aliphatic carbocycles. The summed E-state index contributed by atoms with van der Waals surface area (Å²) in [5.74, 6) is 0.646. The number of nitrogens with one attached hydrogen (secondary N) is 1. The molecule has 1 saturated heterocycles. The lowest BCUT2D eigenvalue weighted by Crippen LogP contribution is -2.38. The van der Waals surface area contributed by atoms with Gasteiger partial charge in [0.05, 0.1) is 32.6 Å². The van der Waals surface area contributed by atoms with Crippen molar-refractivity contribution < 1.29 is 19.1 Å². The molecule has 1 aliphatic heterocycles. The van der Waals surface area contributed by atoms with E-state index >= 15 is 0 Å². The summed E-state index contributed by atoms with van der Waals surface area (Å²) in [6.45, 7) is 3.91. The molecular formula is C20H27N5O4S. The summed E-state index contributed by atoms with van der Waals surface area (Å²) in [6, 6.07) is 10.1. The van der Waals surface area contributed by atoms with Gasteiger partial charge >= 0.3 is 5.97 Å². The second kappa shape index (κ2) is 11.6. The highest BCUT2D eigenvalue weighted by molar-refractivity contribution is 7.99. The molecule has 1 aliphatic rings. The quantitative estimate of drug-likeness (QED) is 0.340. The summed E-state index contributed by atoms with van der Waals surface area (Å²) in [7, 11) is 1.36. The van der Waals surface area contributed by atoms with Crippen molar-refractivity contribution in [2.45, 2.75) is 24.5 Å². The van der Waals surface area contributed by atoms with Crippen molar-refractivity contribution in [1.82, 2.24) is 20.1 Å². The van der Waals surface area contributed by atoms with Crippen LogP contribution in [0.25, 0.3) is 0 Å². The molecule has 2 aromatic rings. The van der Waals surface area contributed by atoms with Crippen molar-refractivity contribution in [3.05, 3.63) is 35.9 Å². The van der Waals surface area contributed by atoms with E-state index < -0.39 is 0 Å². The van der Waals surface area contributed by atoms with Crippen molar-refractivity contribution in [2.24, 2.45) is 0 Å². The molecule has 0 unspecified atom stereocenters. The molecule has 1 amide bonds. The Kier molecular flexibility index (Phi) is 8.52. The molecule has 1 N–H and O–H groups in total. The Morgan fingerprint density at radius 3 is 2.70 bits per heavy atom. The van der Waals surface area contributed by atoms with Crippen LogP contribution < -0.4 is 10.2 Å². The van der Waals surface area contributed by atoms with Crippen LogP contribution in [0.3, 0.4) is 0 Å². The van der Waals surface area contributed by atoms with E-state index in [0.29, 0.717) is 37.9 Å². The SMILES string of the molecule is COC(=O)CCCNC(=O)CSc1nnc(N2CCOCC2)n1Cc1ccccc1. The summed E-state index contributed by atoms with van der Waals surface area (Å²) >= 11 is 1.36. The minimum atomic E-state index is -0.275. The lowest BCUT2D eigenvalue weighted by atomic mass is 10.2. The van der Waals surface area contributed by atoms with Crippen molar-refractivity contribution in [3.8, 4) is 0 Å². The molecule has 0 saturated carbocycles. The molecular weight excluding hydrogens is 406 g/mol.